The molecule has 150 valence electrons. The molecule has 0 unspecified atom stereocenters. The number of aliphatic hydroxyl groups excluding tert-OH is 1. The van der Waals surface area contributed by atoms with Crippen molar-refractivity contribution in [3.63, 3.8) is 0 Å². The first-order valence-corrected chi connectivity index (χ1v) is 9.77. The van der Waals surface area contributed by atoms with E-state index in [4.69, 9.17) is 9.90 Å². The van der Waals surface area contributed by atoms with Crippen molar-refractivity contribution < 1.29 is 19.8 Å². The second kappa shape index (κ2) is 8.39. The van der Waals surface area contributed by atoms with Gasteiger partial charge in [-0.2, -0.15) is 5.10 Å². The molecule has 4 atom stereocenters. The number of H-pyrrole nitrogens is 1. The molecule has 8 nitrogen and oxygen atoms in total. The summed E-state index contributed by atoms with van der Waals surface area (Å²) < 4.78 is 0. The van der Waals surface area contributed by atoms with Gasteiger partial charge in [0.1, 0.15) is 0 Å². The lowest BCUT2D eigenvalue weighted by Gasteiger charge is -2.40. The second-order valence-electron chi connectivity index (χ2n) is 7.99. The summed E-state index contributed by atoms with van der Waals surface area (Å²) in [5, 5.41) is 24.6. The summed E-state index contributed by atoms with van der Waals surface area (Å²) in [6.45, 7) is 7.38. The summed E-state index contributed by atoms with van der Waals surface area (Å²) in [5.41, 5.74) is 2.36. The molecule has 8 heteroatoms. The highest BCUT2D eigenvalue weighted by molar-refractivity contribution is 5.96. The first kappa shape index (κ1) is 19.8. The molecule has 0 aromatic carbocycles. The Bertz CT molecular complexity index is 651. The molecular weight excluding hydrogens is 348 g/mol. The second-order valence-corrected chi connectivity index (χ2v) is 7.99. The number of nitrogens with zero attached hydrogens (tertiary/aromatic N) is 3. The van der Waals surface area contributed by atoms with Crippen molar-refractivity contribution in [3.05, 3.63) is 17.0 Å². The molecule has 27 heavy (non-hydrogen) atoms. The maximum Gasteiger partial charge on any atom is 0.290 e. The zero-order valence-electron chi connectivity index (χ0n) is 16.1. The Morgan fingerprint density at radius 2 is 1.78 bits per heavy atom. The van der Waals surface area contributed by atoms with Crippen molar-refractivity contribution >= 4 is 12.4 Å². The van der Waals surface area contributed by atoms with Crippen LogP contribution in [0, 0.1) is 25.7 Å². The quantitative estimate of drug-likeness (QED) is 0.663. The fraction of sp³-hybridized carbons (Fsp3) is 0.737. The standard InChI is InChI=1S/C18H28N4O2.CH2O2/c1-11-17(12(2)20-19-11)18(24)22-9-13-7-15(21-5-3-4-6-21)16(23)8-14(13)10-22;2-1-3/h13-16,23H,3-10H2,1-2H3,(H,19,20);1H,(H,2,3)/t13-,14+,15-,16-;/m1./s1. The smallest absolute Gasteiger partial charge is 0.290 e. The molecule has 2 aliphatic heterocycles. The number of likely N-dealkylation sites (tertiary alicyclic amines) is 2. The first-order valence-electron chi connectivity index (χ1n) is 9.77. The summed E-state index contributed by atoms with van der Waals surface area (Å²) >= 11 is 0. The molecule has 3 fully saturated rings. The summed E-state index contributed by atoms with van der Waals surface area (Å²) in [6.07, 6.45) is 4.12. The molecule has 0 bridgehead atoms. The highest BCUT2D eigenvalue weighted by Gasteiger charge is 2.45. The number of aliphatic hydroxyl groups is 1. The maximum atomic E-state index is 12.9. The molecular formula is C19H30N4O4. The van der Waals surface area contributed by atoms with Crippen molar-refractivity contribution in [2.45, 2.75) is 51.7 Å². The number of rotatable bonds is 2. The molecule has 4 rings (SSSR count). The van der Waals surface area contributed by atoms with Gasteiger partial charge in [0, 0.05) is 24.8 Å². The van der Waals surface area contributed by atoms with Gasteiger partial charge in [0.25, 0.3) is 12.4 Å². The van der Waals surface area contributed by atoms with Crippen LogP contribution >= 0.6 is 0 Å². The number of aromatic nitrogens is 2. The Morgan fingerprint density at radius 1 is 1.19 bits per heavy atom. The number of hydrogen-bond acceptors (Lipinski definition) is 5. The summed E-state index contributed by atoms with van der Waals surface area (Å²) in [4.78, 5) is 25.7. The van der Waals surface area contributed by atoms with Gasteiger partial charge >= 0.3 is 0 Å². The van der Waals surface area contributed by atoms with Gasteiger partial charge in [0.2, 0.25) is 0 Å². The Balaban J connectivity index is 0.000000659. The van der Waals surface area contributed by atoms with E-state index in [9.17, 15) is 9.90 Å². The van der Waals surface area contributed by atoms with E-state index in [1.54, 1.807) is 0 Å². The van der Waals surface area contributed by atoms with Gasteiger partial charge < -0.3 is 15.1 Å². The van der Waals surface area contributed by atoms with Crippen molar-refractivity contribution in [2.75, 3.05) is 26.2 Å². The van der Waals surface area contributed by atoms with Gasteiger partial charge in [-0.05, 0) is 64.5 Å². The lowest BCUT2D eigenvalue weighted by atomic mass is 9.77. The van der Waals surface area contributed by atoms with E-state index in [-0.39, 0.29) is 18.5 Å². The van der Waals surface area contributed by atoms with Gasteiger partial charge in [-0.3, -0.25) is 19.6 Å². The number of aromatic amines is 1. The van der Waals surface area contributed by atoms with Crippen LogP contribution in [0.5, 0.6) is 0 Å². The largest absolute Gasteiger partial charge is 0.483 e. The minimum absolute atomic E-state index is 0.0976. The van der Waals surface area contributed by atoms with E-state index in [1.165, 1.54) is 12.8 Å². The van der Waals surface area contributed by atoms with E-state index >= 15 is 0 Å². The number of carboxylic acid groups (broad SMARTS) is 1. The Hall–Kier alpha value is -1.93. The average Bonchev–Trinajstić information content (AvgIpc) is 3.34. The van der Waals surface area contributed by atoms with Crippen molar-refractivity contribution in [1.29, 1.82) is 0 Å². The van der Waals surface area contributed by atoms with Gasteiger partial charge in [0.15, 0.2) is 0 Å². The van der Waals surface area contributed by atoms with Crippen LogP contribution in [-0.4, -0.2) is 80.9 Å². The molecule has 1 amide bonds. The third kappa shape index (κ3) is 4.01. The minimum atomic E-state index is -0.250. The molecule has 2 saturated heterocycles. The summed E-state index contributed by atoms with van der Waals surface area (Å²) in [7, 11) is 0. The number of hydrogen-bond donors (Lipinski definition) is 3. The topological polar surface area (TPSA) is 110 Å². The normalized spacial score (nSPS) is 30.6. The lowest BCUT2D eigenvalue weighted by molar-refractivity contribution is -0.122. The third-order valence-electron chi connectivity index (χ3n) is 6.35. The number of aryl methyl sites for hydroxylation is 2. The number of carbonyl (C=O) groups is 2. The van der Waals surface area contributed by atoms with Crippen LogP contribution in [0.2, 0.25) is 0 Å². The van der Waals surface area contributed by atoms with Crippen molar-refractivity contribution in [3.8, 4) is 0 Å². The molecule has 1 aromatic rings. The van der Waals surface area contributed by atoms with Crippen LogP contribution in [0.25, 0.3) is 0 Å². The maximum absolute atomic E-state index is 12.9. The van der Waals surface area contributed by atoms with E-state index in [0.717, 1.165) is 56.0 Å². The molecule has 0 spiro atoms. The minimum Gasteiger partial charge on any atom is -0.483 e. The fourth-order valence-electron chi connectivity index (χ4n) is 5.06. The molecule has 3 aliphatic rings. The van der Waals surface area contributed by atoms with Crippen LogP contribution < -0.4 is 0 Å². The Morgan fingerprint density at radius 3 is 2.33 bits per heavy atom. The SMILES string of the molecule is Cc1n[nH]c(C)c1C(=O)N1C[C@H]2C[C@@H](N3CCCC3)[C@H](O)C[C@H]2C1.O=CO. The number of fused-ring (bicyclic) bond motifs is 1. The van der Waals surface area contributed by atoms with E-state index < -0.39 is 0 Å². The predicted octanol–water partition coefficient (Wildman–Crippen LogP) is 1.03. The lowest BCUT2D eigenvalue weighted by Crippen LogP contribution is -2.48. The predicted molar refractivity (Wildman–Crippen MR) is 99.5 cm³/mol. The van der Waals surface area contributed by atoms with Gasteiger partial charge in [-0.15, -0.1) is 0 Å². The zero-order valence-corrected chi connectivity index (χ0v) is 16.1. The van der Waals surface area contributed by atoms with E-state index in [2.05, 4.69) is 15.1 Å². The van der Waals surface area contributed by atoms with Gasteiger partial charge in [-0.1, -0.05) is 0 Å². The van der Waals surface area contributed by atoms with Crippen LogP contribution in [0.15, 0.2) is 0 Å². The summed E-state index contributed by atoms with van der Waals surface area (Å²) in [5.74, 6) is 1.06. The average molecular weight is 378 g/mol. The van der Waals surface area contributed by atoms with E-state index in [0.29, 0.717) is 17.9 Å². The Kier molecular flexibility index (Phi) is 6.16. The molecule has 3 N–H and O–H groups in total. The number of amides is 1. The highest BCUT2D eigenvalue weighted by Crippen LogP contribution is 2.39. The molecule has 1 aliphatic carbocycles. The van der Waals surface area contributed by atoms with Crippen LogP contribution in [-0.2, 0) is 4.79 Å². The van der Waals surface area contributed by atoms with E-state index in [1.807, 2.05) is 18.7 Å². The molecule has 1 aromatic heterocycles. The number of carbonyl (C=O) groups excluding carboxylic acids is 1. The number of nitrogens with one attached hydrogen (secondary N) is 1. The fourth-order valence-corrected chi connectivity index (χ4v) is 5.06. The van der Waals surface area contributed by atoms with Crippen LogP contribution in [0.4, 0.5) is 0 Å². The van der Waals surface area contributed by atoms with Gasteiger partial charge in [0.05, 0.1) is 17.4 Å². The van der Waals surface area contributed by atoms with Gasteiger partial charge in [-0.25, -0.2) is 0 Å². The molecule has 3 heterocycles. The third-order valence-corrected chi connectivity index (χ3v) is 6.35. The van der Waals surface area contributed by atoms with Crippen LogP contribution in [0.3, 0.4) is 0 Å². The highest BCUT2D eigenvalue weighted by atomic mass is 16.3. The molecule has 0 radical (unpaired) electrons. The monoisotopic (exact) mass is 378 g/mol. The summed E-state index contributed by atoms with van der Waals surface area (Å²) in [6, 6.07) is 0.293. The van der Waals surface area contributed by atoms with Crippen molar-refractivity contribution in [2.24, 2.45) is 11.8 Å². The first-order chi connectivity index (χ1) is 13.0. The molecule has 1 saturated carbocycles. The van der Waals surface area contributed by atoms with Crippen LogP contribution in [0.1, 0.15) is 47.4 Å². The Labute approximate surface area is 159 Å². The zero-order chi connectivity index (χ0) is 19.6. The van der Waals surface area contributed by atoms with Crippen molar-refractivity contribution in [1.82, 2.24) is 20.0 Å².